The lowest BCUT2D eigenvalue weighted by Crippen LogP contribution is -2.16. The number of phenolic OH excluding ortho intramolecular Hbond substituents is 1. The highest BCUT2D eigenvalue weighted by atomic mass is 16.3. The predicted molar refractivity (Wildman–Crippen MR) is 78.0 cm³/mol. The Kier molecular flexibility index (Phi) is 3.79. The molecule has 0 aliphatic carbocycles. The fraction of sp³-hybridized carbons (Fsp3) is 0.333. The summed E-state index contributed by atoms with van der Waals surface area (Å²) in [7, 11) is 0. The molecule has 5 heteroatoms. The lowest BCUT2D eigenvalue weighted by Gasteiger charge is -2.11. The smallest absolute Gasteiger partial charge is 0.228 e. The number of benzene rings is 1. The van der Waals surface area contributed by atoms with E-state index in [0.717, 1.165) is 33.8 Å². The number of phenols is 1. The summed E-state index contributed by atoms with van der Waals surface area (Å²) in [4.78, 5) is 12.1. The van der Waals surface area contributed by atoms with E-state index in [0.29, 0.717) is 0 Å². The lowest BCUT2D eigenvalue weighted by molar-refractivity contribution is -0.115. The second kappa shape index (κ2) is 5.36. The number of aryl methyl sites for hydroxylation is 4. The molecule has 0 radical (unpaired) electrons. The van der Waals surface area contributed by atoms with Gasteiger partial charge >= 0.3 is 0 Å². The standard InChI is InChI=1S/C15H19N3O2/c1-8-6-14(19)9(2)5-13(8)16-15(20)7-12-10(3)17-18-11(12)4/h5-6,19H,7H2,1-4H3,(H,16,20)(H,17,18). The summed E-state index contributed by atoms with van der Waals surface area (Å²) >= 11 is 0. The summed E-state index contributed by atoms with van der Waals surface area (Å²) in [6, 6.07) is 3.43. The molecule has 5 nitrogen and oxygen atoms in total. The van der Waals surface area contributed by atoms with Gasteiger partial charge in [0.2, 0.25) is 5.91 Å². The minimum atomic E-state index is -0.0919. The number of hydrogen-bond acceptors (Lipinski definition) is 3. The molecule has 0 spiro atoms. The van der Waals surface area contributed by atoms with Crippen molar-refractivity contribution in [1.29, 1.82) is 0 Å². The highest BCUT2D eigenvalue weighted by Crippen LogP contribution is 2.25. The Hall–Kier alpha value is -2.30. The molecule has 1 heterocycles. The average Bonchev–Trinajstić information content (AvgIpc) is 2.68. The molecule has 0 aliphatic rings. The fourth-order valence-corrected chi connectivity index (χ4v) is 2.13. The topological polar surface area (TPSA) is 78.0 Å². The van der Waals surface area contributed by atoms with Gasteiger partial charge in [0.15, 0.2) is 0 Å². The zero-order valence-corrected chi connectivity index (χ0v) is 12.2. The normalized spacial score (nSPS) is 10.6. The van der Waals surface area contributed by atoms with Gasteiger partial charge in [-0.15, -0.1) is 0 Å². The van der Waals surface area contributed by atoms with E-state index in [1.54, 1.807) is 19.1 Å². The first-order valence-electron chi connectivity index (χ1n) is 6.49. The number of aromatic hydroxyl groups is 1. The molecule has 1 amide bonds. The maximum atomic E-state index is 12.1. The molecule has 0 fully saturated rings. The van der Waals surface area contributed by atoms with Crippen LogP contribution >= 0.6 is 0 Å². The van der Waals surface area contributed by atoms with Crippen molar-refractivity contribution in [3.63, 3.8) is 0 Å². The van der Waals surface area contributed by atoms with Crippen molar-refractivity contribution >= 4 is 11.6 Å². The molecular weight excluding hydrogens is 254 g/mol. The minimum absolute atomic E-state index is 0.0919. The van der Waals surface area contributed by atoms with Crippen molar-refractivity contribution in [2.75, 3.05) is 5.32 Å². The maximum absolute atomic E-state index is 12.1. The third-order valence-electron chi connectivity index (χ3n) is 3.44. The van der Waals surface area contributed by atoms with E-state index in [1.807, 2.05) is 20.8 Å². The first-order valence-corrected chi connectivity index (χ1v) is 6.49. The minimum Gasteiger partial charge on any atom is -0.508 e. The number of nitrogens with zero attached hydrogens (tertiary/aromatic N) is 1. The van der Waals surface area contributed by atoms with Gasteiger partial charge in [0.1, 0.15) is 5.75 Å². The van der Waals surface area contributed by atoms with Crippen LogP contribution in [0.1, 0.15) is 28.1 Å². The van der Waals surface area contributed by atoms with Crippen LogP contribution in [0.15, 0.2) is 12.1 Å². The largest absolute Gasteiger partial charge is 0.508 e. The Bertz CT molecular complexity index is 640. The Morgan fingerprint density at radius 1 is 1.25 bits per heavy atom. The van der Waals surface area contributed by atoms with E-state index in [2.05, 4.69) is 15.5 Å². The fourth-order valence-electron chi connectivity index (χ4n) is 2.13. The zero-order chi connectivity index (χ0) is 14.9. The molecule has 20 heavy (non-hydrogen) atoms. The lowest BCUT2D eigenvalue weighted by atomic mass is 10.1. The van der Waals surface area contributed by atoms with E-state index >= 15 is 0 Å². The van der Waals surface area contributed by atoms with Gasteiger partial charge in [-0.25, -0.2) is 0 Å². The molecule has 1 aromatic heterocycles. The van der Waals surface area contributed by atoms with Gasteiger partial charge in [-0.05, 0) is 51.0 Å². The molecule has 0 unspecified atom stereocenters. The molecule has 3 N–H and O–H groups in total. The van der Waals surface area contributed by atoms with Gasteiger partial charge in [0.05, 0.1) is 12.1 Å². The maximum Gasteiger partial charge on any atom is 0.228 e. The Balaban J connectivity index is 2.15. The third kappa shape index (κ3) is 2.82. The van der Waals surface area contributed by atoms with Crippen molar-refractivity contribution in [2.24, 2.45) is 0 Å². The first kappa shape index (κ1) is 14.1. The van der Waals surface area contributed by atoms with Crippen LogP contribution in [0.25, 0.3) is 0 Å². The molecule has 0 aliphatic heterocycles. The molecule has 0 saturated carbocycles. The van der Waals surface area contributed by atoms with Crippen LogP contribution in [-0.2, 0) is 11.2 Å². The number of hydrogen-bond donors (Lipinski definition) is 3. The second-order valence-electron chi connectivity index (χ2n) is 5.09. The second-order valence-corrected chi connectivity index (χ2v) is 5.09. The van der Waals surface area contributed by atoms with E-state index < -0.39 is 0 Å². The molecule has 0 saturated heterocycles. The number of rotatable bonds is 3. The van der Waals surface area contributed by atoms with Gasteiger partial charge in [-0.2, -0.15) is 5.10 Å². The monoisotopic (exact) mass is 273 g/mol. The molecular formula is C15H19N3O2. The zero-order valence-electron chi connectivity index (χ0n) is 12.2. The van der Waals surface area contributed by atoms with Crippen molar-refractivity contribution in [3.8, 4) is 5.75 Å². The van der Waals surface area contributed by atoms with Gasteiger partial charge in [0.25, 0.3) is 0 Å². The third-order valence-corrected chi connectivity index (χ3v) is 3.44. The summed E-state index contributed by atoms with van der Waals surface area (Å²) < 4.78 is 0. The number of carbonyl (C=O) groups is 1. The number of aromatic amines is 1. The molecule has 0 bridgehead atoms. The summed E-state index contributed by atoms with van der Waals surface area (Å²) in [6.07, 6.45) is 0.285. The number of anilines is 1. The van der Waals surface area contributed by atoms with Crippen molar-refractivity contribution < 1.29 is 9.90 Å². The van der Waals surface area contributed by atoms with Crippen LogP contribution in [0.3, 0.4) is 0 Å². The SMILES string of the molecule is Cc1cc(NC(=O)Cc2c(C)n[nH]c2C)c(C)cc1O. The van der Waals surface area contributed by atoms with Gasteiger partial charge < -0.3 is 10.4 Å². The van der Waals surface area contributed by atoms with E-state index in [1.165, 1.54) is 0 Å². The quantitative estimate of drug-likeness (QED) is 0.752. The molecule has 2 aromatic rings. The van der Waals surface area contributed by atoms with Crippen molar-refractivity contribution in [3.05, 3.63) is 40.2 Å². The van der Waals surface area contributed by atoms with E-state index in [4.69, 9.17) is 0 Å². The average molecular weight is 273 g/mol. The number of carbonyl (C=O) groups excluding carboxylic acids is 1. The first-order chi connectivity index (χ1) is 9.38. The van der Waals surface area contributed by atoms with E-state index in [9.17, 15) is 9.90 Å². The molecule has 2 rings (SSSR count). The number of nitrogens with one attached hydrogen (secondary N) is 2. The van der Waals surface area contributed by atoms with Crippen LogP contribution in [0.5, 0.6) is 5.75 Å². The Labute approximate surface area is 118 Å². The highest BCUT2D eigenvalue weighted by Gasteiger charge is 2.13. The van der Waals surface area contributed by atoms with E-state index in [-0.39, 0.29) is 18.1 Å². The molecule has 0 atom stereocenters. The van der Waals surface area contributed by atoms with Gasteiger partial charge in [-0.3, -0.25) is 9.89 Å². The van der Waals surface area contributed by atoms with Crippen molar-refractivity contribution in [2.45, 2.75) is 34.1 Å². The van der Waals surface area contributed by atoms with Crippen LogP contribution in [0.2, 0.25) is 0 Å². The van der Waals surface area contributed by atoms with Gasteiger partial charge in [0, 0.05) is 16.9 Å². The predicted octanol–water partition coefficient (Wildman–Crippen LogP) is 2.53. The van der Waals surface area contributed by atoms with Gasteiger partial charge in [-0.1, -0.05) is 0 Å². The Morgan fingerprint density at radius 2 is 1.95 bits per heavy atom. The van der Waals surface area contributed by atoms with Crippen LogP contribution in [-0.4, -0.2) is 21.2 Å². The summed E-state index contributed by atoms with van der Waals surface area (Å²) in [6.45, 7) is 7.43. The molecule has 106 valence electrons. The summed E-state index contributed by atoms with van der Waals surface area (Å²) in [5.74, 6) is 0.146. The number of aromatic nitrogens is 2. The number of H-pyrrole nitrogens is 1. The summed E-state index contributed by atoms with van der Waals surface area (Å²) in [5.41, 5.74) is 4.98. The van der Waals surface area contributed by atoms with Crippen LogP contribution in [0.4, 0.5) is 5.69 Å². The molecule has 1 aromatic carbocycles. The number of amides is 1. The Morgan fingerprint density at radius 3 is 2.55 bits per heavy atom. The van der Waals surface area contributed by atoms with Crippen LogP contribution in [0, 0.1) is 27.7 Å². The summed E-state index contributed by atoms with van der Waals surface area (Å²) in [5, 5.41) is 19.4. The van der Waals surface area contributed by atoms with Crippen molar-refractivity contribution in [1.82, 2.24) is 10.2 Å². The highest BCUT2D eigenvalue weighted by molar-refractivity contribution is 5.93. The van der Waals surface area contributed by atoms with Crippen LogP contribution < -0.4 is 5.32 Å².